The van der Waals surface area contributed by atoms with E-state index in [0.717, 1.165) is 29.4 Å². The number of aliphatic carboxylic acids is 1. The van der Waals surface area contributed by atoms with Gasteiger partial charge >= 0.3 is 18.0 Å². The number of carbonyl (C=O) groups excluding carboxylic acids is 3. The molecule has 0 radical (unpaired) electrons. The van der Waals surface area contributed by atoms with Gasteiger partial charge in [0.1, 0.15) is 18.7 Å². The fraction of sp³-hybridized carbons (Fsp3) is 0.385. The maximum absolute atomic E-state index is 12.9. The molecule has 2 amide bonds. The molecule has 0 saturated carbocycles. The van der Waals surface area contributed by atoms with Crippen LogP contribution in [0, 0.1) is 5.41 Å². The largest absolute Gasteiger partial charge is 0.480 e. The van der Waals surface area contributed by atoms with E-state index in [0.29, 0.717) is 0 Å². The zero-order valence-electron chi connectivity index (χ0n) is 20.2. The lowest BCUT2D eigenvalue weighted by molar-refractivity contribution is -0.149. The van der Waals surface area contributed by atoms with Crippen LogP contribution < -0.4 is 10.6 Å². The molecule has 1 aliphatic rings. The molecular weight excluding hydrogens is 452 g/mol. The van der Waals surface area contributed by atoms with E-state index in [1.807, 2.05) is 48.5 Å². The maximum atomic E-state index is 12.9. The molecule has 0 aliphatic heterocycles. The van der Waals surface area contributed by atoms with Crippen LogP contribution in [-0.4, -0.2) is 54.8 Å². The number of benzene rings is 2. The van der Waals surface area contributed by atoms with Gasteiger partial charge in [-0.3, -0.25) is 9.59 Å². The summed E-state index contributed by atoms with van der Waals surface area (Å²) in [7, 11) is 1.12. The van der Waals surface area contributed by atoms with Crippen LogP contribution in [0.15, 0.2) is 48.5 Å². The van der Waals surface area contributed by atoms with Crippen molar-refractivity contribution in [1.29, 1.82) is 0 Å². The third-order valence-corrected chi connectivity index (χ3v) is 5.95. The SMILES string of the molecule is COC(=O)C[C@@H](NC(=O)[C@@H](NC(=O)OCC1c2ccccc2-c2ccccc21)C(C)(C)C)C(=O)O. The molecule has 2 aromatic carbocycles. The van der Waals surface area contributed by atoms with Crippen molar-refractivity contribution < 1.29 is 33.8 Å². The Morgan fingerprint density at radius 2 is 1.49 bits per heavy atom. The van der Waals surface area contributed by atoms with E-state index in [9.17, 15) is 24.3 Å². The second kappa shape index (κ2) is 10.6. The van der Waals surface area contributed by atoms with Crippen molar-refractivity contribution in [2.75, 3.05) is 13.7 Å². The first-order chi connectivity index (χ1) is 16.5. The minimum atomic E-state index is -1.50. The highest BCUT2D eigenvalue weighted by Crippen LogP contribution is 2.44. The Morgan fingerprint density at radius 3 is 1.97 bits per heavy atom. The number of carbonyl (C=O) groups is 4. The van der Waals surface area contributed by atoms with E-state index in [-0.39, 0.29) is 12.5 Å². The standard InChI is InChI=1S/C26H30N2O7/c1-26(2,3)22(23(30)27-20(24(31)32)13-21(29)34-4)28-25(33)35-14-19-17-11-7-5-9-15(17)16-10-6-8-12-18(16)19/h5-12,19-20,22H,13-14H2,1-4H3,(H,27,30)(H,28,33)(H,31,32)/t20-,22-/m1/s1. The average Bonchev–Trinajstić information content (AvgIpc) is 3.13. The van der Waals surface area contributed by atoms with Gasteiger partial charge in [-0.1, -0.05) is 69.3 Å². The lowest BCUT2D eigenvalue weighted by Crippen LogP contribution is -2.57. The third kappa shape index (κ3) is 5.98. The summed E-state index contributed by atoms with van der Waals surface area (Å²) in [5.74, 6) is -3.07. The number of carboxylic acid groups (broad SMARTS) is 1. The van der Waals surface area contributed by atoms with Crippen LogP contribution in [0.3, 0.4) is 0 Å². The van der Waals surface area contributed by atoms with Crippen molar-refractivity contribution in [2.45, 2.75) is 45.2 Å². The fourth-order valence-corrected chi connectivity index (χ4v) is 4.14. The van der Waals surface area contributed by atoms with Crippen LogP contribution in [0.4, 0.5) is 4.79 Å². The number of alkyl carbamates (subject to hydrolysis) is 1. The molecule has 9 nitrogen and oxygen atoms in total. The Labute approximate surface area is 203 Å². The van der Waals surface area contributed by atoms with Crippen molar-refractivity contribution in [2.24, 2.45) is 5.41 Å². The summed E-state index contributed by atoms with van der Waals surface area (Å²) >= 11 is 0. The van der Waals surface area contributed by atoms with Gasteiger partial charge in [-0.15, -0.1) is 0 Å². The van der Waals surface area contributed by atoms with E-state index in [4.69, 9.17) is 4.74 Å². The Kier molecular flexibility index (Phi) is 7.78. The van der Waals surface area contributed by atoms with Gasteiger partial charge in [0.15, 0.2) is 0 Å². The van der Waals surface area contributed by atoms with Crippen molar-refractivity contribution in [3.05, 3.63) is 59.7 Å². The van der Waals surface area contributed by atoms with Gasteiger partial charge in [-0.25, -0.2) is 9.59 Å². The number of esters is 1. The molecule has 0 bridgehead atoms. The molecule has 0 unspecified atom stereocenters. The first kappa shape index (κ1) is 25.7. The van der Waals surface area contributed by atoms with Crippen molar-refractivity contribution >= 4 is 23.9 Å². The van der Waals surface area contributed by atoms with Gasteiger partial charge in [0.05, 0.1) is 13.5 Å². The summed E-state index contributed by atoms with van der Waals surface area (Å²) in [5, 5.41) is 14.2. The minimum absolute atomic E-state index is 0.0679. The summed E-state index contributed by atoms with van der Waals surface area (Å²) in [6.07, 6.45) is -1.35. The molecule has 3 N–H and O–H groups in total. The van der Waals surface area contributed by atoms with Crippen LogP contribution >= 0.6 is 0 Å². The number of nitrogens with one attached hydrogen (secondary N) is 2. The van der Waals surface area contributed by atoms with Gasteiger partial charge in [0, 0.05) is 5.92 Å². The minimum Gasteiger partial charge on any atom is -0.480 e. The highest BCUT2D eigenvalue weighted by Gasteiger charge is 2.36. The number of fused-ring (bicyclic) bond motifs is 3. The van der Waals surface area contributed by atoms with E-state index < -0.39 is 47.9 Å². The highest BCUT2D eigenvalue weighted by molar-refractivity contribution is 5.91. The molecule has 0 aromatic heterocycles. The van der Waals surface area contributed by atoms with Crippen LogP contribution in [0.2, 0.25) is 0 Å². The monoisotopic (exact) mass is 482 g/mol. The second-order valence-electron chi connectivity index (χ2n) is 9.45. The molecule has 0 fully saturated rings. The van der Waals surface area contributed by atoms with Gasteiger partial charge in [-0.2, -0.15) is 0 Å². The number of hydrogen-bond acceptors (Lipinski definition) is 6. The van der Waals surface area contributed by atoms with E-state index in [1.54, 1.807) is 20.8 Å². The zero-order valence-corrected chi connectivity index (χ0v) is 20.2. The Morgan fingerprint density at radius 1 is 0.943 bits per heavy atom. The van der Waals surface area contributed by atoms with E-state index in [2.05, 4.69) is 15.4 Å². The zero-order chi connectivity index (χ0) is 25.8. The summed E-state index contributed by atoms with van der Waals surface area (Å²) in [5.41, 5.74) is 3.52. The first-order valence-corrected chi connectivity index (χ1v) is 11.2. The van der Waals surface area contributed by atoms with Crippen molar-refractivity contribution in [3.8, 4) is 11.1 Å². The van der Waals surface area contributed by atoms with E-state index >= 15 is 0 Å². The summed E-state index contributed by atoms with van der Waals surface area (Å²) in [6.45, 7) is 5.23. The van der Waals surface area contributed by atoms with Gasteiger partial charge in [0.25, 0.3) is 0 Å². The van der Waals surface area contributed by atoms with Crippen LogP contribution in [-0.2, 0) is 23.9 Å². The number of carboxylic acids is 1. The predicted molar refractivity (Wildman–Crippen MR) is 128 cm³/mol. The van der Waals surface area contributed by atoms with Crippen molar-refractivity contribution in [3.63, 3.8) is 0 Å². The number of rotatable bonds is 8. The summed E-state index contributed by atoms with van der Waals surface area (Å²) < 4.78 is 10.0. The Bertz CT molecular complexity index is 1080. The number of ether oxygens (including phenoxy) is 2. The molecule has 3 rings (SSSR count). The molecular formula is C26H30N2O7. The Hall–Kier alpha value is -3.88. The molecule has 186 valence electrons. The smallest absolute Gasteiger partial charge is 0.407 e. The second-order valence-corrected chi connectivity index (χ2v) is 9.45. The van der Waals surface area contributed by atoms with Gasteiger partial charge < -0.3 is 25.2 Å². The summed E-state index contributed by atoms with van der Waals surface area (Å²) in [6, 6.07) is 13.2. The molecule has 2 atom stereocenters. The number of hydrogen-bond donors (Lipinski definition) is 3. The van der Waals surface area contributed by atoms with Crippen LogP contribution in [0.5, 0.6) is 0 Å². The predicted octanol–water partition coefficient (Wildman–Crippen LogP) is 3.07. The quantitative estimate of drug-likeness (QED) is 0.493. The topological polar surface area (TPSA) is 131 Å². The molecule has 0 spiro atoms. The molecule has 2 aromatic rings. The van der Waals surface area contributed by atoms with Gasteiger partial charge in [0.2, 0.25) is 5.91 Å². The first-order valence-electron chi connectivity index (χ1n) is 11.2. The molecule has 1 aliphatic carbocycles. The van der Waals surface area contributed by atoms with E-state index in [1.165, 1.54) is 0 Å². The normalized spacial score (nSPS) is 14.2. The summed E-state index contributed by atoms with van der Waals surface area (Å²) in [4.78, 5) is 48.6. The Balaban J connectivity index is 1.69. The maximum Gasteiger partial charge on any atom is 0.407 e. The third-order valence-electron chi connectivity index (χ3n) is 5.95. The molecule has 9 heteroatoms. The lowest BCUT2D eigenvalue weighted by atomic mass is 9.86. The van der Waals surface area contributed by atoms with Crippen LogP contribution in [0.25, 0.3) is 11.1 Å². The molecule has 0 saturated heterocycles. The number of methoxy groups -OCH3 is 1. The molecule has 35 heavy (non-hydrogen) atoms. The highest BCUT2D eigenvalue weighted by atomic mass is 16.5. The average molecular weight is 483 g/mol. The van der Waals surface area contributed by atoms with Crippen molar-refractivity contribution in [1.82, 2.24) is 10.6 Å². The van der Waals surface area contributed by atoms with Gasteiger partial charge in [-0.05, 0) is 27.7 Å². The lowest BCUT2D eigenvalue weighted by Gasteiger charge is -2.31. The molecule has 0 heterocycles. The number of amides is 2. The fourth-order valence-electron chi connectivity index (χ4n) is 4.14. The van der Waals surface area contributed by atoms with Crippen LogP contribution in [0.1, 0.15) is 44.2 Å².